The summed E-state index contributed by atoms with van der Waals surface area (Å²) in [5.74, 6) is 0. The van der Waals surface area contributed by atoms with Gasteiger partial charge in [-0.05, 0) is 39.2 Å². The van der Waals surface area contributed by atoms with Crippen molar-refractivity contribution in [2.75, 3.05) is 33.3 Å². The first kappa shape index (κ1) is 15.9. The lowest BCUT2D eigenvalue weighted by atomic mass is 9.81. The first-order chi connectivity index (χ1) is 7.55. The third kappa shape index (κ3) is 4.81. The Morgan fingerprint density at radius 2 is 1.81 bits per heavy atom. The molecule has 0 saturated carbocycles. The quantitative estimate of drug-likeness (QED) is 0.633. The highest BCUT2D eigenvalue weighted by Crippen LogP contribution is 2.27. The molecule has 16 heavy (non-hydrogen) atoms. The first-order valence-electron chi connectivity index (χ1n) is 6.54. The predicted molar refractivity (Wildman–Crippen MR) is 70.7 cm³/mol. The van der Waals surface area contributed by atoms with Crippen molar-refractivity contribution in [1.82, 2.24) is 10.2 Å². The van der Waals surface area contributed by atoms with Crippen LogP contribution in [-0.2, 0) is 0 Å². The van der Waals surface area contributed by atoms with Gasteiger partial charge >= 0.3 is 0 Å². The molecule has 0 unspecified atom stereocenters. The highest BCUT2D eigenvalue weighted by atomic mass is 16.3. The highest BCUT2D eigenvalue weighted by Gasteiger charge is 2.28. The average Bonchev–Trinajstić information content (AvgIpc) is 2.27. The molecular weight excluding hydrogens is 200 g/mol. The molecule has 0 aromatic carbocycles. The van der Waals surface area contributed by atoms with Crippen LogP contribution in [0.4, 0.5) is 0 Å². The maximum absolute atomic E-state index is 9.10. The lowest BCUT2D eigenvalue weighted by Gasteiger charge is -2.39. The van der Waals surface area contributed by atoms with Crippen LogP contribution in [0.5, 0.6) is 0 Å². The van der Waals surface area contributed by atoms with Gasteiger partial charge in [0.15, 0.2) is 0 Å². The van der Waals surface area contributed by atoms with Crippen molar-refractivity contribution in [2.45, 2.75) is 46.6 Å². The van der Waals surface area contributed by atoms with Crippen LogP contribution < -0.4 is 5.32 Å². The molecule has 0 aromatic rings. The fourth-order valence-corrected chi connectivity index (χ4v) is 2.23. The molecule has 0 amide bonds. The topological polar surface area (TPSA) is 35.5 Å². The molecule has 3 nitrogen and oxygen atoms in total. The largest absolute Gasteiger partial charge is 0.395 e. The van der Waals surface area contributed by atoms with Gasteiger partial charge in [-0.3, -0.25) is 4.90 Å². The molecule has 0 fully saturated rings. The smallest absolute Gasteiger partial charge is 0.0558 e. The van der Waals surface area contributed by atoms with Crippen molar-refractivity contribution in [3.8, 4) is 0 Å². The zero-order valence-corrected chi connectivity index (χ0v) is 11.7. The molecule has 3 heteroatoms. The molecule has 0 heterocycles. The molecule has 0 aliphatic heterocycles. The van der Waals surface area contributed by atoms with Crippen molar-refractivity contribution >= 4 is 0 Å². The predicted octanol–water partition coefficient (Wildman–Crippen LogP) is 1.71. The SMILES string of the molecule is CCC(CC)(CNC)CN(CCO)C(C)C. The summed E-state index contributed by atoms with van der Waals surface area (Å²) in [5, 5.41) is 12.4. The summed E-state index contributed by atoms with van der Waals surface area (Å²) in [6.45, 7) is 12.1. The summed E-state index contributed by atoms with van der Waals surface area (Å²) < 4.78 is 0. The van der Waals surface area contributed by atoms with E-state index in [1.807, 2.05) is 7.05 Å². The van der Waals surface area contributed by atoms with E-state index >= 15 is 0 Å². The highest BCUT2D eigenvalue weighted by molar-refractivity contribution is 4.83. The Hall–Kier alpha value is -0.120. The zero-order chi connectivity index (χ0) is 12.6. The van der Waals surface area contributed by atoms with Crippen LogP contribution in [0.1, 0.15) is 40.5 Å². The first-order valence-corrected chi connectivity index (χ1v) is 6.54. The van der Waals surface area contributed by atoms with Crippen LogP contribution in [0.3, 0.4) is 0 Å². The number of aliphatic hydroxyl groups is 1. The Balaban J connectivity index is 4.54. The molecule has 98 valence electrons. The number of nitrogens with one attached hydrogen (secondary N) is 1. The van der Waals surface area contributed by atoms with Gasteiger partial charge in [-0.15, -0.1) is 0 Å². The van der Waals surface area contributed by atoms with Crippen molar-refractivity contribution in [1.29, 1.82) is 0 Å². The minimum atomic E-state index is 0.251. The van der Waals surface area contributed by atoms with E-state index < -0.39 is 0 Å². The molecule has 0 rings (SSSR count). The van der Waals surface area contributed by atoms with Crippen molar-refractivity contribution in [3.63, 3.8) is 0 Å². The summed E-state index contributed by atoms with van der Waals surface area (Å²) in [4.78, 5) is 2.38. The van der Waals surface area contributed by atoms with E-state index in [4.69, 9.17) is 5.11 Å². The third-order valence-electron chi connectivity index (χ3n) is 3.71. The van der Waals surface area contributed by atoms with E-state index in [0.717, 1.165) is 19.6 Å². The van der Waals surface area contributed by atoms with Crippen molar-refractivity contribution in [2.24, 2.45) is 5.41 Å². The van der Waals surface area contributed by atoms with Gasteiger partial charge in [0.2, 0.25) is 0 Å². The van der Waals surface area contributed by atoms with Crippen molar-refractivity contribution < 1.29 is 5.11 Å². The van der Waals surface area contributed by atoms with E-state index in [1.165, 1.54) is 12.8 Å². The number of hydrogen-bond donors (Lipinski definition) is 2. The Morgan fingerprint density at radius 3 is 2.12 bits per heavy atom. The van der Waals surface area contributed by atoms with E-state index in [-0.39, 0.29) is 6.61 Å². The van der Waals surface area contributed by atoms with E-state index in [1.54, 1.807) is 0 Å². The third-order valence-corrected chi connectivity index (χ3v) is 3.71. The number of aliphatic hydroxyl groups excluding tert-OH is 1. The van der Waals surface area contributed by atoms with Crippen LogP contribution in [0.15, 0.2) is 0 Å². The van der Waals surface area contributed by atoms with Crippen molar-refractivity contribution in [3.05, 3.63) is 0 Å². The monoisotopic (exact) mass is 230 g/mol. The summed E-state index contributed by atoms with van der Waals surface area (Å²) >= 11 is 0. The van der Waals surface area contributed by atoms with Gasteiger partial charge < -0.3 is 10.4 Å². The molecule has 0 bridgehead atoms. The summed E-state index contributed by atoms with van der Waals surface area (Å²) in [7, 11) is 2.02. The van der Waals surface area contributed by atoms with Crippen LogP contribution in [-0.4, -0.2) is 49.3 Å². The number of nitrogens with zero attached hydrogens (tertiary/aromatic N) is 1. The Kier molecular flexibility index (Phi) is 7.98. The fourth-order valence-electron chi connectivity index (χ4n) is 2.23. The molecule has 0 spiro atoms. The minimum absolute atomic E-state index is 0.251. The van der Waals surface area contributed by atoms with Gasteiger partial charge in [-0.1, -0.05) is 13.8 Å². The maximum atomic E-state index is 9.10. The van der Waals surface area contributed by atoms with Crippen LogP contribution in [0.2, 0.25) is 0 Å². The second-order valence-electron chi connectivity index (χ2n) is 5.03. The van der Waals surface area contributed by atoms with Crippen LogP contribution >= 0.6 is 0 Å². The molecule has 0 aromatic heterocycles. The number of rotatable bonds is 9. The lowest BCUT2D eigenvalue weighted by molar-refractivity contribution is 0.0920. The van der Waals surface area contributed by atoms with Gasteiger partial charge in [0, 0.05) is 25.7 Å². The van der Waals surface area contributed by atoms with Gasteiger partial charge in [-0.25, -0.2) is 0 Å². The summed E-state index contributed by atoms with van der Waals surface area (Å²) in [5.41, 5.74) is 0.341. The summed E-state index contributed by atoms with van der Waals surface area (Å²) in [6.07, 6.45) is 2.36. The number of hydrogen-bond acceptors (Lipinski definition) is 3. The minimum Gasteiger partial charge on any atom is -0.395 e. The zero-order valence-electron chi connectivity index (χ0n) is 11.7. The van der Waals surface area contributed by atoms with E-state index in [0.29, 0.717) is 11.5 Å². The normalized spacial score (nSPS) is 12.8. The molecule has 0 aliphatic carbocycles. The van der Waals surface area contributed by atoms with Gasteiger partial charge in [0.25, 0.3) is 0 Å². The molecule has 0 saturated heterocycles. The molecule has 0 atom stereocenters. The van der Waals surface area contributed by atoms with E-state index in [2.05, 4.69) is 37.9 Å². The van der Waals surface area contributed by atoms with Gasteiger partial charge in [0.1, 0.15) is 0 Å². The second-order valence-corrected chi connectivity index (χ2v) is 5.03. The fraction of sp³-hybridized carbons (Fsp3) is 1.00. The lowest BCUT2D eigenvalue weighted by Crippen LogP contribution is -2.46. The van der Waals surface area contributed by atoms with E-state index in [9.17, 15) is 0 Å². The van der Waals surface area contributed by atoms with Gasteiger partial charge in [-0.2, -0.15) is 0 Å². The Labute approximate surface area is 101 Å². The standard InChI is InChI=1S/C13H30N2O/c1-6-13(7-2,10-14-5)11-15(8-9-16)12(3)4/h12,14,16H,6-11H2,1-5H3. The molecular formula is C13H30N2O. The Bertz CT molecular complexity index is 167. The molecule has 0 aliphatic rings. The Morgan fingerprint density at radius 1 is 1.25 bits per heavy atom. The maximum Gasteiger partial charge on any atom is 0.0558 e. The van der Waals surface area contributed by atoms with Crippen LogP contribution in [0.25, 0.3) is 0 Å². The average molecular weight is 230 g/mol. The van der Waals surface area contributed by atoms with Crippen LogP contribution in [0, 0.1) is 5.41 Å². The second kappa shape index (κ2) is 8.04. The summed E-state index contributed by atoms with van der Waals surface area (Å²) in [6, 6.07) is 0.501. The molecule has 2 N–H and O–H groups in total. The van der Waals surface area contributed by atoms with Gasteiger partial charge in [0.05, 0.1) is 6.61 Å². The molecule has 0 radical (unpaired) electrons.